The number of carbonyl (C=O) groups excluding carboxylic acids is 3. The monoisotopic (exact) mass is 407 g/mol. The van der Waals surface area contributed by atoms with E-state index in [0.717, 1.165) is 0 Å². The number of para-hydroxylation sites is 2. The second-order valence-electron chi connectivity index (χ2n) is 6.35. The molecular weight excluding hydrogens is 386 g/mol. The van der Waals surface area contributed by atoms with Crippen molar-refractivity contribution in [1.29, 1.82) is 0 Å². The number of aromatic amines is 1. The number of methoxy groups -OCH3 is 1. The van der Waals surface area contributed by atoms with E-state index in [1.807, 2.05) is 0 Å². The van der Waals surface area contributed by atoms with Crippen LogP contribution >= 0.6 is 0 Å². The second-order valence-corrected chi connectivity index (χ2v) is 6.35. The zero-order valence-electron chi connectivity index (χ0n) is 16.4. The molecule has 3 rings (SSSR count). The number of aromatic nitrogens is 1. The Balaban J connectivity index is 1.75. The summed E-state index contributed by atoms with van der Waals surface area (Å²) in [6.45, 7) is 1.34. The summed E-state index contributed by atoms with van der Waals surface area (Å²) in [5.41, 5.74) is 7.97. The normalized spacial score (nSPS) is 10.2. The van der Waals surface area contributed by atoms with Crippen LogP contribution in [-0.2, 0) is 4.79 Å². The highest BCUT2D eigenvalue weighted by atomic mass is 16.5. The van der Waals surface area contributed by atoms with Crippen molar-refractivity contribution in [3.8, 4) is 16.9 Å². The third-order valence-electron chi connectivity index (χ3n) is 4.24. The summed E-state index contributed by atoms with van der Waals surface area (Å²) in [5, 5.41) is 7.99. The molecule has 0 aliphatic carbocycles. The molecule has 4 amide bonds. The Kier molecular flexibility index (Phi) is 6.02. The number of carbonyl (C=O) groups is 3. The zero-order chi connectivity index (χ0) is 21.7. The van der Waals surface area contributed by atoms with Gasteiger partial charge in [0.05, 0.1) is 18.4 Å². The molecule has 1 aromatic heterocycles. The molecular formula is C21H21N5O4. The first-order valence-electron chi connectivity index (χ1n) is 8.99. The predicted molar refractivity (Wildman–Crippen MR) is 115 cm³/mol. The lowest BCUT2D eigenvalue weighted by molar-refractivity contribution is -0.114. The summed E-state index contributed by atoms with van der Waals surface area (Å²) in [6.07, 6.45) is 1.59. The van der Waals surface area contributed by atoms with E-state index >= 15 is 0 Å². The average Bonchev–Trinajstić information content (AvgIpc) is 3.12. The standard InChI is InChI=1S/C21H21N5O4/c1-12(27)24-20-18(19(22)28)15(11-23-20)13-7-9-14(10-8-13)25-21(29)26-16-5-3-4-6-17(16)30-2/h3-11,23H,1-2H3,(H2,22,28)(H,24,27)(H2,25,26,29). The van der Waals surface area contributed by atoms with Gasteiger partial charge in [0.1, 0.15) is 11.6 Å². The topological polar surface area (TPSA) is 138 Å². The lowest BCUT2D eigenvalue weighted by atomic mass is 10.0. The van der Waals surface area contributed by atoms with Gasteiger partial charge in [-0.25, -0.2) is 4.79 Å². The minimum absolute atomic E-state index is 0.180. The van der Waals surface area contributed by atoms with E-state index in [1.165, 1.54) is 14.0 Å². The fourth-order valence-corrected chi connectivity index (χ4v) is 2.95. The van der Waals surface area contributed by atoms with Gasteiger partial charge in [-0.1, -0.05) is 24.3 Å². The number of rotatable bonds is 6. The van der Waals surface area contributed by atoms with E-state index in [9.17, 15) is 14.4 Å². The summed E-state index contributed by atoms with van der Waals surface area (Å²) in [6, 6.07) is 13.5. The van der Waals surface area contributed by atoms with Gasteiger partial charge in [-0.3, -0.25) is 9.59 Å². The molecule has 0 aliphatic heterocycles. The van der Waals surface area contributed by atoms with E-state index in [4.69, 9.17) is 10.5 Å². The van der Waals surface area contributed by atoms with Gasteiger partial charge < -0.3 is 31.4 Å². The highest BCUT2D eigenvalue weighted by Crippen LogP contribution is 2.30. The molecule has 9 nitrogen and oxygen atoms in total. The molecule has 30 heavy (non-hydrogen) atoms. The number of amides is 4. The molecule has 0 bridgehead atoms. The third-order valence-corrected chi connectivity index (χ3v) is 4.24. The highest BCUT2D eigenvalue weighted by molar-refractivity contribution is 6.07. The van der Waals surface area contributed by atoms with Crippen LogP contribution in [0.15, 0.2) is 54.7 Å². The molecule has 2 aromatic carbocycles. The molecule has 0 fully saturated rings. The van der Waals surface area contributed by atoms with E-state index in [1.54, 1.807) is 54.7 Å². The number of urea groups is 1. The van der Waals surface area contributed by atoms with Crippen molar-refractivity contribution < 1.29 is 19.1 Å². The van der Waals surface area contributed by atoms with Crippen LogP contribution < -0.4 is 26.4 Å². The van der Waals surface area contributed by atoms with Gasteiger partial charge in [0, 0.05) is 24.4 Å². The number of nitrogens with two attached hydrogens (primary N) is 1. The first kappa shape index (κ1) is 20.5. The maximum atomic E-state index is 12.3. The molecule has 154 valence electrons. The van der Waals surface area contributed by atoms with Gasteiger partial charge in [0.2, 0.25) is 5.91 Å². The molecule has 0 aliphatic rings. The number of hydrogen-bond acceptors (Lipinski definition) is 4. The van der Waals surface area contributed by atoms with Gasteiger partial charge in [0.25, 0.3) is 5.91 Å². The van der Waals surface area contributed by atoms with Crippen molar-refractivity contribution in [1.82, 2.24) is 4.98 Å². The molecule has 0 unspecified atom stereocenters. The van der Waals surface area contributed by atoms with Crippen molar-refractivity contribution in [3.63, 3.8) is 0 Å². The molecule has 3 aromatic rings. The highest BCUT2D eigenvalue weighted by Gasteiger charge is 2.18. The SMILES string of the molecule is COc1ccccc1NC(=O)Nc1ccc(-c2c[nH]c(NC(C)=O)c2C(N)=O)cc1. The van der Waals surface area contributed by atoms with Crippen molar-refractivity contribution in [2.75, 3.05) is 23.1 Å². The fourth-order valence-electron chi connectivity index (χ4n) is 2.95. The quantitative estimate of drug-likeness (QED) is 0.427. The van der Waals surface area contributed by atoms with Gasteiger partial charge in [0.15, 0.2) is 0 Å². The Hall–Kier alpha value is -4.27. The lowest BCUT2D eigenvalue weighted by Crippen LogP contribution is -2.19. The molecule has 0 saturated heterocycles. The van der Waals surface area contributed by atoms with Crippen LogP contribution in [0.3, 0.4) is 0 Å². The van der Waals surface area contributed by atoms with E-state index < -0.39 is 11.9 Å². The maximum absolute atomic E-state index is 12.3. The van der Waals surface area contributed by atoms with Crippen molar-refractivity contribution in [2.45, 2.75) is 6.92 Å². The molecule has 0 atom stereocenters. The predicted octanol–water partition coefficient (Wildman–Crippen LogP) is 3.39. The molecule has 1 heterocycles. The zero-order valence-corrected chi connectivity index (χ0v) is 16.4. The summed E-state index contributed by atoms with van der Waals surface area (Å²) in [7, 11) is 1.52. The Morgan fingerprint density at radius 3 is 2.30 bits per heavy atom. The number of nitrogens with one attached hydrogen (secondary N) is 4. The van der Waals surface area contributed by atoms with Gasteiger partial charge in [-0.05, 0) is 29.8 Å². The molecule has 0 spiro atoms. The van der Waals surface area contributed by atoms with Gasteiger partial charge in [-0.2, -0.15) is 0 Å². The fraction of sp³-hybridized carbons (Fsp3) is 0.0952. The van der Waals surface area contributed by atoms with E-state index in [2.05, 4.69) is 20.9 Å². The molecule has 6 N–H and O–H groups in total. The van der Waals surface area contributed by atoms with Crippen molar-refractivity contribution in [3.05, 3.63) is 60.3 Å². The van der Waals surface area contributed by atoms with Crippen LogP contribution in [0.4, 0.5) is 22.0 Å². The Morgan fingerprint density at radius 1 is 0.967 bits per heavy atom. The Labute approximate surface area is 172 Å². The van der Waals surface area contributed by atoms with E-state index in [-0.39, 0.29) is 17.3 Å². The Bertz CT molecular complexity index is 1090. The van der Waals surface area contributed by atoms with Crippen LogP contribution in [0.5, 0.6) is 5.75 Å². The minimum atomic E-state index is -0.673. The van der Waals surface area contributed by atoms with Crippen LogP contribution in [-0.4, -0.2) is 29.9 Å². The third kappa shape index (κ3) is 4.58. The van der Waals surface area contributed by atoms with E-state index in [0.29, 0.717) is 28.3 Å². The van der Waals surface area contributed by atoms with Crippen LogP contribution in [0.1, 0.15) is 17.3 Å². The molecule has 0 radical (unpaired) electrons. The number of benzene rings is 2. The number of hydrogen-bond donors (Lipinski definition) is 5. The minimum Gasteiger partial charge on any atom is -0.495 e. The lowest BCUT2D eigenvalue weighted by Gasteiger charge is -2.11. The summed E-state index contributed by atoms with van der Waals surface area (Å²) < 4.78 is 5.21. The smallest absolute Gasteiger partial charge is 0.323 e. The molecule has 0 saturated carbocycles. The van der Waals surface area contributed by atoms with Crippen LogP contribution in [0, 0.1) is 0 Å². The Morgan fingerprint density at radius 2 is 1.67 bits per heavy atom. The van der Waals surface area contributed by atoms with Crippen LogP contribution in [0.2, 0.25) is 0 Å². The number of H-pyrrole nitrogens is 1. The second kappa shape index (κ2) is 8.82. The van der Waals surface area contributed by atoms with Crippen molar-refractivity contribution in [2.24, 2.45) is 5.73 Å². The summed E-state index contributed by atoms with van der Waals surface area (Å²) >= 11 is 0. The molecule has 9 heteroatoms. The largest absolute Gasteiger partial charge is 0.495 e. The van der Waals surface area contributed by atoms with Crippen molar-refractivity contribution >= 4 is 35.0 Å². The van der Waals surface area contributed by atoms with Gasteiger partial charge >= 0.3 is 6.03 Å². The first-order valence-corrected chi connectivity index (χ1v) is 8.99. The number of primary amides is 1. The average molecular weight is 407 g/mol. The summed E-state index contributed by atoms with van der Waals surface area (Å²) in [5.74, 6) is -0.215. The number of ether oxygens (including phenoxy) is 1. The van der Waals surface area contributed by atoms with Gasteiger partial charge in [-0.15, -0.1) is 0 Å². The number of anilines is 3. The van der Waals surface area contributed by atoms with Crippen LogP contribution in [0.25, 0.3) is 11.1 Å². The summed E-state index contributed by atoms with van der Waals surface area (Å²) in [4.78, 5) is 38.3. The first-order chi connectivity index (χ1) is 14.4. The maximum Gasteiger partial charge on any atom is 0.323 e.